The van der Waals surface area contributed by atoms with E-state index < -0.39 is 16.1 Å². The fourth-order valence-electron chi connectivity index (χ4n) is 6.46. The zero-order chi connectivity index (χ0) is 29.7. The van der Waals surface area contributed by atoms with Gasteiger partial charge in [0.05, 0.1) is 0 Å². The van der Waals surface area contributed by atoms with Gasteiger partial charge in [0.2, 0.25) is 0 Å². The molecule has 216 valence electrons. The number of rotatable bonds is 8. The lowest BCUT2D eigenvalue weighted by Crippen LogP contribution is -2.21. The first-order chi connectivity index (χ1) is 21.8. The summed E-state index contributed by atoms with van der Waals surface area (Å²) in [5.74, 6) is 0. The van der Waals surface area contributed by atoms with Crippen molar-refractivity contribution >= 4 is 36.1 Å². The normalized spacial score (nSPS) is 16.9. The lowest BCUT2D eigenvalue weighted by molar-refractivity contribution is 0.765. The number of benzene rings is 6. The first-order valence-corrected chi connectivity index (χ1v) is 18.5. The highest BCUT2D eigenvalue weighted by Crippen LogP contribution is 2.77. The Labute approximate surface area is 266 Å². The van der Waals surface area contributed by atoms with Crippen LogP contribution in [0.3, 0.4) is 0 Å². The van der Waals surface area contributed by atoms with E-state index in [1.807, 2.05) is 0 Å². The molecule has 1 heterocycles. The van der Waals surface area contributed by atoms with E-state index in [9.17, 15) is 0 Å². The molecule has 0 saturated carbocycles. The van der Waals surface area contributed by atoms with Crippen molar-refractivity contribution in [3.8, 4) is 22.3 Å². The number of hydrogen-bond acceptors (Lipinski definition) is 1. The molecule has 6 aromatic rings. The second-order valence-electron chi connectivity index (χ2n) is 11.3. The second-order valence-corrected chi connectivity index (χ2v) is 17.5. The van der Waals surface area contributed by atoms with Crippen LogP contribution in [0.1, 0.15) is 35.3 Å². The van der Waals surface area contributed by atoms with E-state index in [2.05, 4.69) is 183 Å². The van der Waals surface area contributed by atoms with Gasteiger partial charge in [-0.3, -0.25) is 0 Å². The van der Waals surface area contributed by atoms with Crippen molar-refractivity contribution in [3.05, 3.63) is 181 Å². The maximum atomic E-state index is 3.29. The summed E-state index contributed by atoms with van der Waals surface area (Å²) < 4.78 is 2.75. The second kappa shape index (κ2) is 13.7. The molecule has 1 saturated heterocycles. The molecule has 0 aliphatic carbocycles. The van der Waals surface area contributed by atoms with Crippen molar-refractivity contribution in [2.45, 2.75) is 24.2 Å². The third-order valence-corrected chi connectivity index (χ3v) is 16.0. The average Bonchev–Trinajstić information content (AvgIpc) is 3.56. The zero-order valence-electron chi connectivity index (χ0n) is 24.7. The van der Waals surface area contributed by atoms with Gasteiger partial charge in [0.1, 0.15) is 0 Å². The molecule has 0 N–H and O–H groups in total. The fraction of sp³-hybridized carbons (Fsp3) is 0.100. The third kappa shape index (κ3) is 6.22. The molecule has 3 atom stereocenters. The lowest BCUT2D eigenvalue weighted by atomic mass is 10.0. The molecule has 1 aliphatic rings. The molecular formula is C40H36NP3. The number of hydrogen-bond donors (Lipinski definition) is 0. The van der Waals surface area contributed by atoms with Gasteiger partial charge in [0, 0.05) is 19.4 Å². The van der Waals surface area contributed by atoms with Crippen molar-refractivity contribution in [3.63, 3.8) is 0 Å². The Balaban J connectivity index is 1.38. The van der Waals surface area contributed by atoms with Crippen molar-refractivity contribution < 1.29 is 0 Å². The average molecular weight is 624 g/mol. The summed E-state index contributed by atoms with van der Waals surface area (Å²) in [6.45, 7) is 0. The molecular weight excluding hydrogens is 587 g/mol. The quantitative estimate of drug-likeness (QED) is 0.153. The van der Waals surface area contributed by atoms with E-state index in [-0.39, 0.29) is 0 Å². The molecule has 6 aromatic carbocycles. The molecule has 0 amide bonds. The van der Waals surface area contributed by atoms with Crippen LogP contribution in [-0.2, 0) is 0 Å². The zero-order valence-corrected chi connectivity index (χ0v) is 27.6. The lowest BCUT2D eigenvalue weighted by Gasteiger charge is -2.40. The fourth-order valence-corrected chi connectivity index (χ4v) is 15.0. The van der Waals surface area contributed by atoms with Crippen molar-refractivity contribution in [1.29, 1.82) is 0 Å². The minimum Gasteiger partial charge on any atom is -0.235 e. The summed E-state index contributed by atoms with van der Waals surface area (Å²) in [7, 11) is 1.87. The predicted octanol–water partition coefficient (Wildman–Crippen LogP) is 11.1. The Morgan fingerprint density at radius 1 is 0.455 bits per heavy atom. The van der Waals surface area contributed by atoms with Crippen LogP contribution in [0.25, 0.3) is 22.3 Å². The van der Waals surface area contributed by atoms with Crippen LogP contribution in [0, 0.1) is 0 Å². The molecule has 1 nitrogen and oxygen atoms in total. The van der Waals surface area contributed by atoms with Gasteiger partial charge in [-0.25, -0.2) is 4.21 Å². The Morgan fingerprint density at radius 2 is 0.818 bits per heavy atom. The number of nitrogens with zero attached hydrogens (tertiary/aromatic N) is 1. The molecule has 0 radical (unpaired) electrons. The van der Waals surface area contributed by atoms with Crippen LogP contribution < -0.4 is 10.6 Å². The van der Waals surface area contributed by atoms with Crippen LogP contribution in [0.15, 0.2) is 170 Å². The summed E-state index contributed by atoms with van der Waals surface area (Å²) in [6, 6.07) is 62.7. The SMILES string of the molecule is PN(P(c1cccc(-c2ccccc2)c1)c1cccc(-c2ccccc2)c1)P1[C@H](c2ccccc2)CC[C@H]1c1ccccc1. The summed E-state index contributed by atoms with van der Waals surface area (Å²) in [5.41, 5.74) is 9.01. The van der Waals surface area contributed by atoms with Crippen molar-refractivity contribution in [2.24, 2.45) is 0 Å². The maximum absolute atomic E-state index is 3.29. The van der Waals surface area contributed by atoms with Crippen LogP contribution in [0.5, 0.6) is 0 Å². The largest absolute Gasteiger partial charge is 0.235 e. The molecule has 1 unspecified atom stereocenters. The molecule has 0 aromatic heterocycles. The van der Waals surface area contributed by atoms with E-state index in [1.54, 1.807) is 0 Å². The van der Waals surface area contributed by atoms with Crippen LogP contribution >= 0.6 is 25.5 Å². The Kier molecular flexibility index (Phi) is 9.11. The van der Waals surface area contributed by atoms with Crippen molar-refractivity contribution in [2.75, 3.05) is 0 Å². The van der Waals surface area contributed by atoms with Crippen LogP contribution in [-0.4, -0.2) is 4.21 Å². The third-order valence-electron chi connectivity index (χ3n) is 8.56. The summed E-state index contributed by atoms with van der Waals surface area (Å²) in [6.07, 6.45) is 2.41. The van der Waals surface area contributed by atoms with Gasteiger partial charge in [-0.1, -0.05) is 167 Å². The summed E-state index contributed by atoms with van der Waals surface area (Å²) in [4.78, 5) is 0. The minimum atomic E-state index is -0.845. The molecule has 0 bridgehead atoms. The Morgan fingerprint density at radius 3 is 1.23 bits per heavy atom. The van der Waals surface area contributed by atoms with Gasteiger partial charge in [0.25, 0.3) is 0 Å². The van der Waals surface area contributed by atoms with Gasteiger partial charge in [-0.05, 0) is 77.0 Å². The van der Waals surface area contributed by atoms with Gasteiger partial charge < -0.3 is 0 Å². The van der Waals surface area contributed by atoms with E-state index in [0.29, 0.717) is 11.3 Å². The standard InChI is InChI=1S/C40H36NP3/c42-41(44-39(33-19-9-3-10-20-33)27-28-40(44)34-21-11-4-12-22-34)43(37-25-13-23-35(29-37)31-15-5-1-6-16-31)38-26-14-24-36(30-38)32-17-7-2-8-18-32/h1-26,29-30,39-40H,27-28,42H2/t39-,40-/m0/s1. The summed E-state index contributed by atoms with van der Waals surface area (Å²) >= 11 is 0. The highest BCUT2D eigenvalue weighted by atomic mass is 31.2. The van der Waals surface area contributed by atoms with Gasteiger partial charge in [-0.15, -0.1) is 0 Å². The van der Waals surface area contributed by atoms with E-state index in [0.717, 1.165) is 0 Å². The Hall–Kier alpha value is -3.43. The molecule has 7 rings (SSSR count). The predicted molar refractivity (Wildman–Crippen MR) is 196 cm³/mol. The van der Waals surface area contributed by atoms with Crippen LogP contribution in [0.4, 0.5) is 0 Å². The van der Waals surface area contributed by atoms with Crippen LogP contribution in [0.2, 0.25) is 0 Å². The minimum absolute atomic E-state index is 0.508. The van der Waals surface area contributed by atoms with E-state index in [1.165, 1.54) is 56.8 Å². The maximum Gasteiger partial charge on any atom is 0.0351 e. The molecule has 1 fully saturated rings. The molecule has 0 spiro atoms. The topological polar surface area (TPSA) is 3.24 Å². The van der Waals surface area contributed by atoms with Crippen molar-refractivity contribution in [1.82, 2.24) is 4.21 Å². The first-order valence-electron chi connectivity index (χ1n) is 15.3. The van der Waals surface area contributed by atoms with Gasteiger partial charge >= 0.3 is 0 Å². The van der Waals surface area contributed by atoms with E-state index >= 15 is 0 Å². The molecule has 4 heteroatoms. The first kappa shape index (κ1) is 29.3. The smallest absolute Gasteiger partial charge is 0.0351 e. The highest BCUT2D eigenvalue weighted by molar-refractivity contribution is 7.84. The molecule has 44 heavy (non-hydrogen) atoms. The Bertz CT molecular complexity index is 1660. The summed E-state index contributed by atoms with van der Waals surface area (Å²) in [5, 5.41) is 2.77. The highest BCUT2D eigenvalue weighted by Gasteiger charge is 2.43. The van der Waals surface area contributed by atoms with Gasteiger partial charge in [-0.2, -0.15) is 0 Å². The van der Waals surface area contributed by atoms with Gasteiger partial charge in [0.15, 0.2) is 0 Å². The molecule has 1 aliphatic heterocycles. The monoisotopic (exact) mass is 623 g/mol. The van der Waals surface area contributed by atoms with E-state index in [4.69, 9.17) is 0 Å².